The Balaban J connectivity index is 1.88. The van der Waals surface area contributed by atoms with Crippen LogP contribution in [0.3, 0.4) is 0 Å². The SMILES string of the molecule is CCCC(=O)Nc1ccc2c(N3CCOCC3)ncnc2c1. The monoisotopic (exact) mass is 300 g/mol. The van der Waals surface area contributed by atoms with E-state index in [1.807, 2.05) is 25.1 Å². The number of hydrogen-bond donors (Lipinski definition) is 1. The maximum absolute atomic E-state index is 11.7. The molecule has 0 aliphatic carbocycles. The molecular formula is C16H20N4O2. The molecule has 1 aromatic heterocycles. The van der Waals surface area contributed by atoms with Crippen LogP contribution in [-0.4, -0.2) is 42.2 Å². The molecule has 1 N–H and O–H groups in total. The number of fused-ring (bicyclic) bond motifs is 1. The zero-order valence-electron chi connectivity index (χ0n) is 12.7. The van der Waals surface area contributed by atoms with Crippen molar-refractivity contribution in [2.24, 2.45) is 0 Å². The van der Waals surface area contributed by atoms with Crippen LogP contribution in [0.1, 0.15) is 19.8 Å². The molecule has 1 amide bonds. The van der Waals surface area contributed by atoms with Gasteiger partial charge in [-0.2, -0.15) is 0 Å². The molecule has 6 heteroatoms. The van der Waals surface area contributed by atoms with E-state index in [1.54, 1.807) is 6.33 Å². The summed E-state index contributed by atoms with van der Waals surface area (Å²) >= 11 is 0. The Bertz CT molecular complexity index is 668. The van der Waals surface area contributed by atoms with Crippen molar-refractivity contribution in [2.75, 3.05) is 36.5 Å². The standard InChI is InChI=1S/C16H20N4O2/c1-2-3-15(21)19-12-4-5-13-14(10-12)17-11-18-16(13)20-6-8-22-9-7-20/h4-5,10-11H,2-3,6-9H2,1H3,(H,19,21). The van der Waals surface area contributed by atoms with Gasteiger partial charge in [-0.05, 0) is 24.6 Å². The molecule has 0 saturated carbocycles. The molecule has 6 nitrogen and oxygen atoms in total. The van der Waals surface area contributed by atoms with Crippen molar-refractivity contribution in [3.8, 4) is 0 Å². The number of nitrogens with one attached hydrogen (secondary N) is 1. The molecule has 1 fully saturated rings. The van der Waals surface area contributed by atoms with Crippen LogP contribution in [-0.2, 0) is 9.53 Å². The van der Waals surface area contributed by atoms with Gasteiger partial charge in [-0.25, -0.2) is 9.97 Å². The number of anilines is 2. The second-order valence-electron chi connectivity index (χ2n) is 5.33. The third-order valence-corrected chi connectivity index (χ3v) is 3.69. The Morgan fingerprint density at radius 1 is 1.32 bits per heavy atom. The predicted octanol–water partition coefficient (Wildman–Crippen LogP) is 2.21. The minimum absolute atomic E-state index is 0.0318. The molecule has 3 rings (SSSR count). The summed E-state index contributed by atoms with van der Waals surface area (Å²) in [7, 11) is 0. The van der Waals surface area contributed by atoms with E-state index in [0.717, 1.165) is 55.1 Å². The first-order valence-corrected chi connectivity index (χ1v) is 7.65. The highest BCUT2D eigenvalue weighted by Gasteiger charge is 2.15. The molecule has 2 aromatic rings. The number of carbonyl (C=O) groups is 1. The highest BCUT2D eigenvalue weighted by molar-refractivity contribution is 5.96. The van der Waals surface area contributed by atoms with Crippen LogP contribution in [0.15, 0.2) is 24.5 Å². The van der Waals surface area contributed by atoms with Gasteiger partial charge < -0.3 is 15.0 Å². The molecule has 0 unspecified atom stereocenters. The number of ether oxygens (including phenoxy) is 1. The maximum Gasteiger partial charge on any atom is 0.224 e. The minimum Gasteiger partial charge on any atom is -0.378 e. The van der Waals surface area contributed by atoms with Crippen LogP contribution >= 0.6 is 0 Å². The van der Waals surface area contributed by atoms with E-state index in [1.165, 1.54) is 0 Å². The summed E-state index contributed by atoms with van der Waals surface area (Å²) in [5, 5.41) is 3.90. The van der Waals surface area contributed by atoms with Crippen molar-refractivity contribution in [1.82, 2.24) is 9.97 Å². The van der Waals surface area contributed by atoms with Crippen LogP contribution in [0.5, 0.6) is 0 Å². The molecule has 1 aromatic carbocycles. The van der Waals surface area contributed by atoms with E-state index < -0.39 is 0 Å². The molecule has 1 saturated heterocycles. The van der Waals surface area contributed by atoms with Gasteiger partial charge in [0.25, 0.3) is 0 Å². The number of amides is 1. The molecule has 1 aliphatic rings. The van der Waals surface area contributed by atoms with Crippen molar-refractivity contribution in [3.63, 3.8) is 0 Å². The highest BCUT2D eigenvalue weighted by Crippen LogP contribution is 2.26. The van der Waals surface area contributed by atoms with Gasteiger partial charge in [0.05, 0.1) is 18.7 Å². The van der Waals surface area contributed by atoms with Gasteiger partial charge in [0.1, 0.15) is 12.1 Å². The molecular weight excluding hydrogens is 280 g/mol. The second-order valence-corrected chi connectivity index (χ2v) is 5.33. The first-order chi connectivity index (χ1) is 10.8. The lowest BCUT2D eigenvalue weighted by Gasteiger charge is -2.28. The average molecular weight is 300 g/mol. The second kappa shape index (κ2) is 6.70. The lowest BCUT2D eigenvalue weighted by Crippen LogP contribution is -2.36. The number of carbonyl (C=O) groups excluding carboxylic acids is 1. The number of rotatable bonds is 4. The Morgan fingerprint density at radius 3 is 2.91 bits per heavy atom. The number of benzene rings is 1. The predicted molar refractivity (Wildman–Crippen MR) is 86.1 cm³/mol. The molecule has 0 radical (unpaired) electrons. The highest BCUT2D eigenvalue weighted by atomic mass is 16.5. The first-order valence-electron chi connectivity index (χ1n) is 7.65. The van der Waals surface area contributed by atoms with Crippen molar-refractivity contribution in [3.05, 3.63) is 24.5 Å². The zero-order valence-corrected chi connectivity index (χ0v) is 12.7. The van der Waals surface area contributed by atoms with Crippen LogP contribution < -0.4 is 10.2 Å². The smallest absolute Gasteiger partial charge is 0.224 e. The van der Waals surface area contributed by atoms with E-state index >= 15 is 0 Å². The number of aromatic nitrogens is 2. The summed E-state index contributed by atoms with van der Waals surface area (Å²) in [6, 6.07) is 5.78. The lowest BCUT2D eigenvalue weighted by atomic mass is 10.2. The summed E-state index contributed by atoms with van der Waals surface area (Å²) in [5.41, 5.74) is 1.61. The normalized spacial score (nSPS) is 15.0. The molecule has 0 spiro atoms. The van der Waals surface area contributed by atoms with E-state index in [2.05, 4.69) is 20.2 Å². The van der Waals surface area contributed by atoms with Crippen molar-refractivity contribution in [1.29, 1.82) is 0 Å². The number of nitrogens with zero attached hydrogens (tertiary/aromatic N) is 3. The summed E-state index contributed by atoms with van der Waals surface area (Å²) in [5.74, 6) is 0.962. The van der Waals surface area contributed by atoms with Crippen molar-refractivity contribution < 1.29 is 9.53 Å². The van der Waals surface area contributed by atoms with Gasteiger partial charge >= 0.3 is 0 Å². The van der Waals surface area contributed by atoms with E-state index in [-0.39, 0.29) is 5.91 Å². The van der Waals surface area contributed by atoms with E-state index in [4.69, 9.17) is 4.74 Å². The molecule has 2 heterocycles. The van der Waals surface area contributed by atoms with Crippen molar-refractivity contribution in [2.45, 2.75) is 19.8 Å². The number of morpholine rings is 1. The largest absolute Gasteiger partial charge is 0.378 e. The van der Waals surface area contributed by atoms with Gasteiger partial charge in [0.2, 0.25) is 5.91 Å². The van der Waals surface area contributed by atoms with Crippen molar-refractivity contribution >= 4 is 28.3 Å². The zero-order chi connectivity index (χ0) is 15.4. The van der Waals surface area contributed by atoms with Gasteiger partial charge in [0.15, 0.2) is 0 Å². The number of hydrogen-bond acceptors (Lipinski definition) is 5. The van der Waals surface area contributed by atoms with Gasteiger partial charge in [-0.15, -0.1) is 0 Å². The minimum atomic E-state index is 0.0318. The lowest BCUT2D eigenvalue weighted by molar-refractivity contribution is -0.116. The summed E-state index contributed by atoms with van der Waals surface area (Å²) < 4.78 is 5.39. The molecule has 0 bridgehead atoms. The van der Waals surface area contributed by atoms with Crippen LogP contribution in [0.25, 0.3) is 10.9 Å². The van der Waals surface area contributed by atoms with Gasteiger partial charge in [0, 0.05) is 30.6 Å². The summed E-state index contributed by atoms with van der Waals surface area (Å²) in [6.07, 6.45) is 2.94. The fourth-order valence-corrected chi connectivity index (χ4v) is 2.60. The molecule has 22 heavy (non-hydrogen) atoms. The summed E-state index contributed by atoms with van der Waals surface area (Å²) in [4.78, 5) is 22.7. The molecule has 0 atom stereocenters. The Kier molecular flexibility index (Phi) is 4.48. The fraction of sp³-hybridized carbons (Fsp3) is 0.438. The molecule has 116 valence electrons. The third-order valence-electron chi connectivity index (χ3n) is 3.69. The maximum atomic E-state index is 11.7. The van der Waals surface area contributed by atoms with Crippen LogP contribution in [0.4, 0.5) is 11.5 Å². The quantitative estimate of drug-likeness (QED) is 0.937. The van der Waals surface area contributed by atoms with Gasteiger partial charge in [-0.3, -0.25) is 4.79 Å². The molecule has 1 aliphatic heterocycles. The summed E-state index contributed by atoms with van der Waals surface area (Å²) in [6.45, 7) is 5.09. The van der Waals surface area contributed by atoms with Crippen LogP contribution in [0.2, 0.25) is 0 Å². The Labute approximate surface area is 129 Å². The third kappa shape index (κ3) is 3.17. The Morgan fingerprint density at radius 2 is 2.14 bits per heavy atom. The van der Waals surface area contributed by atoms with E-state index in [9.17, 15) is 4.79 Å². The van der Waals surface area contributed by atoms with E-state index in [0.29, 0.717) is 6.42 Å². The van der Waals surface area contributed by atoms with Crippen LogP contribution in [0, 0.1) is 0 Å². The Hall–Kier alpha value is -2.21. The fourth-order valence-electron chi connectivity index (χ4n) is 2.60. The topological polar surface area (TPSA) is 67.4 Å². The average Bonchev–Trinajstić information content (AvgIpc) is 2.55. The van der Waals surface area contributed by atoms with Gasteiger partial charge in [-0.1, -0.05) is 6.92 Å². The first kappa shape index (κ1) is 14.7.